The number of pyridine rings is 1. The second-order valence-corrected chi connectivity index (χ2v) is 9.87. The van der Waals surface area contributed by atoms with Crippen molar-refractivity contribution in [1.82, 2.24) is 13.8 Å². The molecule has 2 aliphatic rings. The van der Waals surface area contributed by atoms with Crippen molar-refractivity contribution in [2.24, 2.45) is 0 Å². The summed E-state index contributed by atoms with van der Waals surface area (Å²) in [5.41, 5.74) is -0.480. The van der Waals surface area contributed by atoms with Gasteiger partial charge in [0.25, 0.3) is 11.5 Å². The quantitative estimate of drug-likeness (QED) is 0.716. The zero-order chi connectivity index (χ0) is 22.3. The number of benzene rings is 1. The van der Waals surface area contributed by atoms with E-state index >= 15 is 0 Å². The Hall–Kier alpha value is -2.92. The van der Waals surface area contributed by atoms with Crippen molar-refractivity contribution in [3.05, 3.63) is 57.8 Å². The zero-order valence-electron chi connectivity index (χ0n) is 16.6. The number of nitrogens with zero attached hydrogens (tertiary/aromatic N) is 3. The molecule has 9 nitrogen and oxygen atoms in total. The lowest BCUT2D eigenvalue weighted by molar-refractivity contribution is 0.0627. The highest BCUT2D eigenvalue weighted by molar-refractivity contribution is 7.89. The summed E-state index contributed by atoms with van der Waals surface area (Å²) in [6, 6.07) is 5.57. The summed E-state index contributed by atoms with van der Waals surface area (Å²) < 4.78 is 40.5. The molecule has 2 aliphatic heterocycles. The average molecular weight is 451 g/mol. The highest BCUT2D eigenvalue weighted by Crippen LogP contribution is 2.33. The normalized spacial score (nSPS) is 21.1. The van der Waals surface area contributed by atoms with Gasteiger partial charge in [-0.1, -0.05) is 12.1 Å². The molecular weight excluding hydrogens is 429 g/mol. The number of carbonyl (C=O) groups is 1. The zero-order valence-corrected chi connectivity index (χ0v) is 17.4. The van der Waals surface area contributed by atoms with Crippen LogP contribution in [0.3, 0.4) is 0 Å². The Morgan fingerprint density at radius 2 is 1.81 bits per heavy atom. The Kier molecular flexibility index (Phi) is 5.48. The summed E-state index contributed by atoms with van der Waals surface area (Å²) in [5.74, 6) is -2.56. The van der Waals surface area contributed by atoms with Crippen LogP contribution in [0.1, 0.15) is 34.9 Å². The Labute approximate surface area is 178 Å². The molecule has 1 unspecified atom stereocenters. The lowest BCUT2D eigenvalue weighted by Crippen LogP contribution is -2.51. The topological polar surface area (TPSA) is 120 Å². The van der Waals surface area contributed by atoms with Crippen LogP contribution in [0.25, 0.3) is 0 Å². The fraction of sp³-hybridized carbons (Fsp3) is 0.400. The second-order valence-electron chi connectivity index (χ2n) is 7.78. The van der Waals surface area contributed by atoms with E-state index in [1.165, 1.54) is 33.5 Å². The molecule has 1 fully saturated rings. The van der Waals surface area contributed by atoms with Gasteiger partial charge in [0, 0.05) is 32.2 Å². The SMILES string of the molecule is O=C1c2c(O)c(O)cc(=O)n2C(CN2CCCCS2(=O)=O)CN1Cc1ccc(F)cc1. The van der Waals surface area contributed by atoms with Crippen molar-refractivity contribution in [3.8, 4) is 11.5 Å². The molecule has 1 aromatic heterocycles. The Balaban J connectivity index is 1.74. The molecule has 11 heteroatoms. The van der Waals surface area contributed by atoms with Gasteiger partial charge in [-0.3, -0.25) is 14.2 Å². The predicted molar refractivity (Wildman–Crippen MR) is 109 cm³/mol. The van der Waals surface area contributed by atoms with E-state index in [1.54, 1.807) is 0 Å². The van der Waals surface area contributed by atoms with E-state index in [2.05, 4.69) is 0 Å². The third-order valence-corrected chi connectivity index (χ3v) is 7.57. The molecule has 0 spiro atoms. The molecule has 166 valence electrons. The van der Waals surface area contributed by atoms with Gasteiger partial charge >= 0.3 is 0 Å². The van der Waals surface area contributed by atoms with E-state index in [4.69, 9.17) is 0 Å². The van der Waals surface area contributed by atoms with Crippen molar-refractivity contribution in [2.75, 3.05) is 25.4 Å². The second kappa shape index (κ2) is 7.97. The van der Waals surface area contributed by atoms with Gasteiger partial charge < -0.3 is 15.1 Å². The molecule has 1 saturated heterocycles. The summed E-state index contributed by atoms with van der Waals surface area (Å²) >= 11 is 0. The Morgan fingerprint density at radius 1 is 1.10 bits per heavy atom. The van der Waals surface area contributed by atoms with Gasteiger partial charge in [0.2, 0.25) is 10.0 Å². The van der Waals surface area contributed by atoms with E-state index in [0.717, 1.165) is 10.6 Å². The lowest BCUT2D eigenvalue weighted by Gasteiger charge is -2.38. The smallest absolute Gasteiger partial charge is 0.274 e. The third-order valence-electron chi connectivity index (χ3n) is 5.65. The number of sulfonamides is 1. The van der Waals surface area contributed by atoms with Gasteiger partial charge in [-0.05, 0) is 30.5 Å². The van der Waals surface area contributed by atoms with E-state index in [0.29, 0.717) is 24.9 Å². The number of rotatable bonds is 4. The number of halogens is 1. The fourth-order valence-corrected chi connectivity index (χ4v) is 5.74. The lowest BCUT2D eigenvalue weighted by atomic mass is 10.1. The molecule has 2 aromatic rings. The van der Waals surface area contributed by atoms with Gasteiger partial charge in [0.15, 0.2) is 17.2 Å². The van der Waals surface area contributed by atoms with Gasteiger partial charge in [0.1, 0.15) is 5.82 Å². The first kappa shape index (κ1) is 21.3. The first-order chi connectivity index (χ1) is 14.7. The van der Waals surface area contributed by atoms with Crippen LogP contribution in [-0.2, 0) is 16.6 Å². The highest BCUT2D eigenvalue weighted by Gasteiger charge is 2.38. The monoisotopic (exact) mass is 451 g/mol. The average Bonchev–Trinajstić information content (AvgIpc) is 2.71. The maximum absolute atomic E-state index is 13.2. The van der Waals surface area contributed by atoms with Crippen LogP contribution in [0.2, 0.25) is 0 Å². The minimum Gasteiger partial charge on any atom is -0.504 e. The van der Waals surface area contributed by atoms with E-state index in [-0.39, 0.29) is 25.4 Å². The van der Waals surface area contributed by atoms with Crippen LogP contribution >= 0.6 is 0 Å². The molecule has 2 N–H and O–H groups in total. The number of hydrogen-bond donors (Lipinski definition) is 2. The molecule has 1 amide bonds. The summed E-state index contributed by atoms with van der Waals surface area (Å²) in [6.07, 6.45) is 1.25. The number of amides is 1. The largest absolute Gasteiger partial charge is 0.504 e. The van der Waals surface area contributed by atoms with Crippen molar-refractivity contribution >= 4 is 15.9 Å². The molecule has 31 heavy (non-hydrogen) atoms. The van der Waals surface area contributed by atoms with Crippen LogP contribution in [0.15, 0.2) is 35.1 Å². The molecule has 0 radical (unpaired) electrons. The molecular formula is C20H22FN3O6S. The van der Waals surface area contributed by atoms with Crippen molar-refractivity contribution in [1.29, 1.82) is 0 Å². The summed E-state index contributed by atoms with van der Waals surface area (Å²) in [4.78, 5) is 27.0. The number of carbonyl (C=O) groups excluding carboxylic acids is 1. The van der Waals surface area contributed by atoms with Crippen LogP contribution in [-0.4, -0.2) is 63.7 Å². The maximum atomic E-state index is 13.2. The summed E-state index contributed by atoms with van der Waals surface area (Å²) in [5, 5.41) is 20.2. The Bertz CT molecular complexity index is 1180. The molecule has 4 rings (SSSR count). The van der Waals surface area contributed by atoms with Crippen LogP contribution in [0.5, 0.6) is 11.5 Å². The van der Waals surface area contributed by atoms with Crippen LogP contribution in [0, 0.1) is 5.82 Å². The first-order valence-electron chi connectivity index (χ1n) is 9.86. The molecule has 3 heterocycles. The molecule has 1 aromatic carbocycles. The molecule has 0 aliphatic carbocycles. The third kappa shape index (κ3) is 4.02. The maximum Gasteiger partial charge on any atom is 0.274 e. The van der Waals surface area contributed by atoms with Crippen molar-refractivity contribution < 1.29 is 27.8 Å². The van der Waals surface area contributed by atoms with E-state index in [1.807, 2.05) is 0 Å². The van der Waals surface area contributed by atoms with Crippen molar-refractivity contribution in [3.63, 3.8) is 0 Å². The number of aromatic hydroxyl groups is 2. The molecule has 0 bridgehead atoms. The fourth-order valence-electron chi connectivity index (χ4n) is 4.10. The predicted octanol–water partition coefficient (Wildman–Crippen LogP) is 1.02. The van der Waals surface area contributed by atoms with Crippen LogP contribution in [0.4, 0.5) is 4.39 Å². The van der Waals surface area contributed by atoms with Gasteiger partial charge in [-0.25, -0.2) is 12.8 Å². The standard InChI is InChI=1S/C20H22FN3O6S/c21-14-5-3-13(4-6-14)10-22-11-15(12-23-7-1-2-8-31(23,29)30)24-17(26)9-16(25)19(27)18(24)20(22)28/h3-6,9,15,25,27H,1-2,7-8,10-12H2. The number of hydrogen-bond acceptors (Lipinski definition) is 6. The summed E-state index contributed by atoms with van der Waals surface area (Å²) in [7, 11) is -3.49. The van der Waals surface area contributed by atoms with Gasteiger partial charge in [-0.2, -0.15) is 4.31 Å². The minimum atomic E-state index is -3.49. The number of aromatic nitrogens is 1. The number of fused-ring (bicyclic) bond motifs is 1. The highest BCUT2D eigenvalue weighted by atomic mass is 32.2. The van der Waals surface area contributed by atoms with Crippen LogP contribution < -0.4 is 5.56 Å². The summed E-state index contributed by atoms with van der Waals surface area (Å²) in [6.45, 7) is 0.330. The van der Waals surface area contributed by atoms with Gasteiger partial charge in [0.05, 0.1) is 11.8 Å². The minimum absolute atomic E-state index is 0.0132. The van der Waals surface area contributed by atoms with E-state index in [9.17, 15) is 32.6 Å². The van der Waals surface area contributed by atoms with Crippen molar-refractivity contribution in [2.45, 2.75) is 25.4 Å². The molecule has 1 atom stereocenters. The van der Waals surface area contributed by atoms with E-state index < -0.39 is 50.5 Å². The molecule has 0 saturated carbocycles. The first-order valence-corrected chi connectivity index (χ1v) is 11.5. The van der Waals surface area contributed by atoms with Gasteiger partial charge in [-0.15, -0.1) is 0 Å². The Morgan fingerprint density at radius 3 is 2.48 bits per heavy atom.